The van der Waals surface area contributed by atoms with Crippen LogP contribution in [0, 0.1) is 0 Å². The largest absolute Gasteiger partial charge is 0.421 e. The summed E-state index contributed by atoms with van der Waals surface area (Å²) in [6.45, 7) is 0. The van der Waals surface area contributed by atoms with E-state index < -0.39 is 23.1 Å². The lowest BCUT2D eigenvalue weighted by Crippen LogP contribution is -2.23. The fourth-order valence-electron chi connectivity index (χ4n) is 2.05. The van der Waals surface area contributed by atoms with E-state index in [0.29, 0.717) is 16.9 Å². The first kappa shape index (κ1) is 15.9. The minimum absolute atomic E-state index is 0.161. The third-order valence-corrected chi connectivity index (χ3v) is 4.75. The van der Waals surface area contributed by atoms with Gasteiger partial charge in [0.05, 0.1) is 5.69 Å². The molecule has 1 aliphatic rings. The normalized spacial score (nSPS) is 14.7. The van der Waals surface area contributed by atoms with E-state index in [0.717, 1.165) is 11.0 Å². The molecule has 1 aliphatic carbocycles. The molecule has 120 valence electrons. The fourth-order valence-corrected chi connectivity index (χ4v) is 3.10. The van der Waals surface area contributed by atoms with Crippen LogP contribution in [0.1, 0.15) is 34.5 Å². The number of carbonyl (C=O) groups is 1. The smallest absolute Gasteiger partial charge is 0.319 e. The molecule has 1 aromatic carbocycles. The van der Waals surface area contributed by atoms with Crippen LogP contribution in [-0.4, -0.2) is 16.0 Å². The van der Waals surface area contributed by atoms with E-state index in [1.54, 1.807) is 36.0 Å². The molecule has 0 atom stereocenters. The zero-order valence-corrected chi connectivity index (χ0v) is 12.6. The van der Waals surface area contributed by atoms with Gasteiger partial charge in [0.2, 0.25) is 5.78 Å². The molecule has 7 heteroatoms. The maximum absolute atomic E-state index is 12.6. The fraction of sp³-hybridized carbons (Fsp3) is 0.250. The van der Waals surface area contributed by atoms with Crippen molar-refractivity contribution in [2.24, 2.45) is 0 Å². The van der Waals surface area contributed by atoms with Crippen molar-refractivity contribution in [3.63, 3.8) is 0 Å². The Bertz CT molecular complexity index is 792. The van der Waals surface area contributed by atoms with Gasteiger partial charge in [-0.1, -0.05) is 0 Å². The van der Waals surface area contributed by atoms with E-state index >= 15 is 0 Å². The number of thioether (sulfide) groups is 1. The molecule has 0 unspecified atom stereocenters. The number of hydrogen-bond donors (Lipinski definition) is 1. The summed E-state index contributed by atoms with van der Waals surface area (Å²) in [6, 6.07) is 8.45. The number of halogens is 3. The molecule has 1 saturated carbocycles. The summed E-state index contributed by atoms with van der Waals surface area (Å²) in [6.07, 6.45) is -2.35. The Hall–Kier alpha value is -2.02. The Labute approximate surface area is 133 Å². The summed E-state index contributed by atoms with van der Waals surface area (Å²) < 4.78 is 37.7. The molecule has 2 aromatic rings. The summed E-state index contributed by atoms with van der Waals surface area (Å²) >= 11 is 1.74. The molecule has 1 heterocycles. The molecule has 0 radical (unpaired) electrons. The van der Waals surface area contributed by atoms with E-state index in [-0.39, 0.29) is 5.69 Å². The lowest BCUT2D eigenvalue weighted by atomic mass is 10.1. The number of hydrogen-bond acceptors (Lipinski definition) is 3. The van der Waals surface area contributed by atoms with Gasteiger partial charge in [-0.3, -0.25) is 9.59 Å². The third-order valence-electron chi connectivity index (χ3n) is 3.40. The highest BCUT2D eigenvalue weighted by atomic mass is 32.2. The minimum Gasteiger partial charge on any atom is -0.319 e. The van der Waals surface area contributed by atoms with Crippen molar-refractivity contribution in [1.29, 1.82) is 0 Å². The standard InChI is InChI=1S/C16H12F3NO2S/c17-16(18,19)12-7-8-13(20-15(12)22)14(21)9-1-3-10(4-2-9)23-11-5-6-11/h1-4,7-8,11H,5-6H2,(H,20,22). The Morgan fingerprint density at radius 1 is 1.09 bits per heavy atom. The van der Waals surface area contributed by atoms with Gasteiger partial charge in [0.15, 0.2) is 0 Å². The molecule has 23 heavy (non-hydrogen) atoms. The highest BCUT2D eigenvalue weighted by Crippen LogP contribution is 2.39. The van der Waals surface area contributed by atoms with Crippen molar-refractivity contribution in [2.45, 2.75) is 29.2 Å². The van der Waals surface area contributed by atoms with Gasteiger partial charge in [-0.2, -0.15) is 13.2 Å². The molecular formula is C16H12F3NO2S. The second kappa shape index (κ2) is 5.88. The number of pyridine rings is 1. The van der Waals surface area contributed by atoms with Gasteiger partial charge < -0.3 is 4.98 Å². The number of aromatic amines is 1. The topological polar surface area (TPSA) is 49.9 Å². The number of ketones is 1. The highest BCUT2D eigenvalue weighted by Gasteiger charge is 2.34. The third kappa shape index (κ3) is 3.67. The van der Waals surface area contributed by atoms with Crippen LogP contribution in [0.3, 0.4) is 0 Å². The SMILES string of the molecule is O=C(c1ccc(SC2CC2)cc1)c1ccc(C(F)(F)F)c(=O)[nH]1. The first-order chi connectivity index (χ1) is 10.8. The van der Waals surface area contributed by atoms with Crippen molar-refractivity contribution in [3.05, 3.63) is 63.6 Å². The summed E-state index contributed by atoms with van der Waals surface area (Å²) in [5.74, 6) is -0.515. The van der Waals surface area contributed by atoms with E-state index in [2.05, 4.69) is 0 Å². The van der Waals surface area contributed by atoms with Crippen LogP contribution < -0.4 is 5.56 Å². The molecule has 0 amide bonds. The number of benzene rings is 1. The van der Waals surface area contributed by atoms with Crippen LogP contribution in [0.25, 0.3) is 0 Å². The predicted octanol–water partition coefficient (Wildman–Crippen LogP) is 3.88. The summed E-state index contributed by atoms with van der Waals surface area (Å²) in [7, 11) is 0. The quantitative estimate of drug-likeness (QED) is 0.860. The summed E-state index contributed by atoms with van der Waals surface area (Å²) in [4.78, 5) is 26.8. The van der Waals surface area contributed by atoms with E-state index in [4.69, 9.17) is 0 Å². The second-order valence-electron chi connectivity index (χ2n) is 5.28. The zero-order valence-electron chi connectivity index (χ0n) is 11.8. The van der Waals surface area contributed by atoms with Crippen LogP contribution in [0.5, 0.6) is 0 Å². The van der Waals surface area contributed by atoms with Gasteiger partial charge in [0, 0.05) is 15.7 Å². The molecule has 1 fully saturated rings. The van der Waals surface area contributed by atoms with Crippen LogP contribution in [-0.2, 0) is 6.18 Å². The van der Waals surface area contributed by atoms with Crippen molar-refractivity contribution in [1.82, 2.24) is 4.98 Å². The van der Waals surface area contributed by atoms with Crippen molar-refractivity contribution >= 4 is 17.5 Å². The monoisotopic (exact) mass is 339 g/mol. The number of aromatic nitrogens is 1. The number of nitrogens with one attached hydrogen (secondary N) is 1. The molecule has 0 bridgehead atoms. The van der Waals surface area contributed by atoms with E-state index in [1.165, 1.54) is 12.8 Å². The second-order valence-corrected chi connectivity index (χ2v) is 6.66. The Kier molecular flexibility index (Phi) is 4.06. The number of rotatable bonds is 4. The van der Waals surface area contributed by atoms with Gasteiger partial charge in [0.1, 0.15) is 5.56 Å². The minimum atomic E-state index is -4.74. The molecule has 0 spiro atoms. The van der Waals surface area contributed by atoms with Crippen molar-refractivity contribution < 1.29 is 18.0 Å². The van der Waals surface area contributed by atoms with Gasteiger partial charge in [0.25, 0.3) is 5.56 Å². The summed E-state index contributed by atoms with van der Waals surface area (Å²) in [5, 5.41) is 0.641. The molecule has 0 aliphatic heterocycles. The Morgan fingerprint density at radius 2 is 1.74 bits per heavy atom. The van der Waals surface area contributed by atoms with Gasteiger partial charge in [-0.25, -0.2) is 0 Å². The van der Waals surface area contributed by atoms with Crippen LogP contribution in [0.2, 0.25) is 0 Å². The zero-order chi connectivity index (χ0) is 16.6. The average molecular weight is 339 g/mol. The van der Waals surface area contributed by atoms with Crippen molar-refractivity contribution in [2.75, 3.05) is 0 Å². The molecular weight excluding hydrogens is 327 g/mol. The van der Waals surface area contributed by atoms with Gasteiger partial charge in [-0.15, -0.1) is 11.8 Å². The lowest BCUT2D eigenvalue weighted by molar-refractivity contribution is -0.138. The maximum Gasteiger partial charge on any atom is 0.421 e. The predicted molar refractivity (Wildman–Crippen MR) is 80.8 cm³/mol. The first-order valence-electron chi connectivity index (χ1n) is 6.96. The molecule has 1 aromatic heterocycles. The van der Waals surface area contributed by atoms with Crippen LogP contribution >= 0.6 is 11.8 Å². The van der Waals surface area contributed by atoms with Crippen molar-refractivity contribution in [3.8, 4) is 0 Å². The van der Waals surface area contributed by atoms with E-state index in [9.17, 15) is 22.8 Å². The van der Waals surface area contributed by atoms with Crippen LogP contribution in [0.15, 0.2) is 46.1 Å². The first-order valence-corrected chi connectivity index (χ1v) is 7.84. The Balaban J connectivity index is 1.82. The molecule has 0 saturated heterocycles. The molecule has 3 nitrogen and oxygen atoms in total. The molecule has 1 N–H and O–H groups in total. The molecule has 3 rings (SSSR count). The lowest BCUT2D eigenvalue weighted by Gasteiger charge is -2.07. The summed E-state index contributed by atoms with van der Waals surface area (Å²) in [5.41, 5.74) is -2.47. The van der Waals surface area contributed by atoms with E-state index in [1.807, 2.05) is 4.98 Å². The average Bonchev–Trinajstić information content (AvgIpc) is 3.30. The number of alkyl halides is 3. The highest BCUT2D eigenvalue weighted by molar-refractivity contribution is 8.00. The number of H-pyrrole nitrogens is 1. The maximum atomic E-state index is 12.6. The van der Waals surface area contributed by atoms with Gasteiger partial charge >= 0.3 is 6.18 Å². The Morgan fingerprint density at radius 3 is 2.26 bits per heavy atom. The van der Waals surface area contributed by atoms with Gasteiger partial charge in [-0.05, 0) is 49.2 Å². The van der Waals surface area contributed by atoms with Crippen LogP contribution in [0.4, 0.5) is 13.2 Å². The number of carbonyl (C=O) groups excluding carboxylic acids is 1.